The Morgan fingerprint density at radius 2 is 1.98 bits per heavy atom. The van der Waals surface area contributed by atoms with Crippen molar-refractivity contribution in [2.45, 2.75) is 6.92 Å². The molecule has 2 aromatic heterocycles. The summed E-state index contributed by atoms with van der Waals surface area (Å²) < 4.78 is 27.0. The minimum atomic E-state index is -0.443. The molecule has 10 nitrogen and oxygen atoms in total. The molecule has 0 spiro atoms. The zero-order chi connectivity index (χ0) is 28.8. The first-order chi connectivity index (χ1) is 19.9. The van der Waals surface area contributed by atoms with Gasteiger partial charge in [0.1, 0.15) is 0 Å². The van der Waals surface area contributed by atoms with Gasteiger partial charge in [-0.2, -0.15) is 0 Å². The Balaban J connectivity index is 1.21. The number of likely N-dealkylation sites (N-methyl/N-ethyl adjacent to an activating group) is 1. The number of piperazine rings is 1. The number of carbonyl (C=O) groups excluding carboxylic acids is 1. The summed E-state index contributed by atoms with van der Waals surface area (Å²) in [6.07, 6.45) is 5.12. The highest BCUT2D eigenvalue weighted by Gasteiger charge is 2.17. The van der Waals surface area contributed by atoms with Crippen LogP contribution in [0.4, 0.5) is 15.9 Å². The van der Waals surface area contributed by atoms with Gasteiger partial charge < -0.3 is 25.0 Å². The van der Waals surface area contributed by atoms with Crippen LogP contribution in [0.15, 0.2) is 55.0 Å². The maximum Gasteiger partial charge on any atom is 0.253 e. The summed E-state index contributed by atoms with van der Waals surface area (Å²) in [4.78, 5) is 26.2. The average Bonchev–Trinajstić information content (AvgIpc) is 3.42. The predicted octanol–water partition coefficient (Wildman–Crippen LogP) is 3.59. The van der Waals surface area contributed by atoms with Crippen molar-refractivity contribution in [3.05, 3.63) is 71.9 Å². The van der Waals surface area contributed by atoms with Crippen molar-refractivity contribution >= 4 is 23.1 Å². The normalized spacial score (nSPS) is 13.9. The number of imidazole rings is 1. The highest BCUT2D eigenvalue weighted by atomic mass is 19.1. The molecule has 4 aromatic rings. The molecule has 0 radical (unpaired) electrons. The van der Waals surface area contributed by atoms with Crippen molar-refractivity contribution < 1.29 is 18.7 Å². The fourth-order valence-corrected chi connectivity index (χ4v) is 4.90. The fourth-order valence-electron chi connectivity index (χ4n) is 4.90. The summed E-state index contributed by atoms with van der Waals surface area (Å²) in [5.74, 6) is 0.233. The fraction of sp³-hybridized carbons (Fsp3) is 0.367. The van der Waals surface area contributed by atoms with E-state index in [0.29, 0.717) is 42.4 Å². The van der Waals surface area contributed by atoms with Gasteiger partial charge in [0.15, 0.2) is 23.0 Å². The van der Waals surface area contributed by atoms with Gasteiger partial charge in [-0.1, -0.05) is 0 Å². The standard InChI is InChI=1S/C30H36FN7O3/c1-21-18-23(5-6-24(21)30(39)36(2)14-16-41-17-15-37-11-8-32-9-12-37)35-28-29-34-20-26(38(29)13-10-33-28)22-4-7-27(40-3)25(31)19-22/h4-7,10,13,18-20,32H,8-9,11-12,14-17H2,1-3H3,(H,33,35). The molecule has 41 heavy (non-hydrogen) atoms. The van der Waals surface area contributed by atoms with E-state index in [1.54, 1.807) is 42.7 Å². The zero-order valence-corrected chi connectivity index (χ0v) is 23.7. The van der Waals surface area contributed by atoms with Gasteiger partial charge in [0.2, 0.25) is 0 Å². The second-order valence-electron chi connectivity index (χ2n) is 10.0. The Morgan fingerprint density at radius 1 is 1.15 bits per heavy atom. The molecule has 0 unspecified atom stereocenters. The Morgan fingerprint density at radius 3 is 2.73 bits per heavy atom. The van der Waals surface area contributed by atoms with Crippen LogP contribution < -0.4 is 15.4 Å². The molecular formula is C30H36FN7O3. The molecule has 1 saturated heterocycles. The number of methoxy groups -OCH3 is 1. The summed E-state index contributed by atoms with van der Waals surface area (Å²) >= 11 is 0. The molecule has 3 heterocycles. The molecule has 0 saturated carbocycles. The SMILES string of the molecule is COc1ccc(-c2cnc3c(Nc4ccc(C(=O)N(C)CCOCCN5CCNCC5)c(C)c4)nccn23)cc1F. The third kappa shape index (κ3) is 6.64. The number of benzene rings is 2. The number of nitrogens with zero attached hydrogens (tertiary/aromatic N) is 5. The van der Waals surface area contributed by atoms with Crippen molar-refractivity contribution in [3.8, 4) is 17.0 Å². The number of aromatic nitrogens is 3. The molecule has 5 rings (SSSR count). The number of amides is 1. The molecule has 1 aliphatic rings. The lowest BCUT2D eigenvalue weighted by molar-refractivity contribution is 0.0642. The summed E-state index contributed by atoms with van der Waals surface area (Å²) in [7, 11) is 3.23. The molecule has 1 fully saturated rings. The van der Waals surface area contributed by atoms with Gasteiger partial charge in [-0.15, -0.1) is 0 Å². The molecule has 0 bridgehead atoms. The van der Waals surface area contributed by atoms with Gasteiger partial charge in [-0.25, -0.2) is 14.4 Å². The van der Waals surface area contributed by atoms with E-state index in [9.17, 15) is 9.18 Å². The third-order valence-electron chi connectivity index (χ3n) is 7.27. The van der Waals surface area contributed by atoms with Crippen LogP contribution in [0.25, 0.3) is 16.9 Å². The number of carbonyl (C=O) groups is 1. The van der Waals surface area contributed by atoms with Crippen LogP contribution in [-0.2, 0) is 4.74 Å². The predicted molar refractivity (Wildman–Crippen MR) is 156 cm³/mol. The first-order valence-corrected chi connectivity index (χ1v) is 13.7. The van der Waals surface area contributed by atoms with Crippen molar-refractivity contribution in [3.63, 3.8) is 0 Å². The highest BCUT2D eigenvalue weighted by Crippen LogP contribution is 2.29. The average molecular weight is 562 g/mol. The van der Waals surface area contributed by atoms with E-state index >= 15 is 0 Å². The van der Waals surface area contributed by atoms with Gasteiger partial charge in [-0.05, 0) is 48.9 Å². The van der Waals surface area contributed by atoms with Crippen LogP contribution >= 0.6 is 0 Å². The molecule has 2 N–H and O–H groups in total. The van der Waals surface area contributed by atoms with Crippen molar-refractivity contribution in [1.82, 2.24) is 29.5 Å². The Labute approximate surface area is 239 Å². The maximum atomic E-state index is 14.3. The largest absolute Gasteiger partial charge is 0.494 e. The number of aryl methyl sites for hydroxylation is 1. The van der Waals surface area contributed by atoms with E-state index < -0.39 is 5.82 Å². The highest BCUT2D eigenvalue weighted by molar-refractivity contribution is 5.96. The molecule has 0 atom stereocenters. The Bertz CT molecular complexity index is 1500. The Kier molecular flexibility index (Phi) is 9.07. The van der Waals surface area contributed by atoms with Crippen LogP contribution in [0.1, 0.15) is 15.9 Å². The number of hydrogen-bond donors (Lipinski definition) is 2. The molecule has 1 amide bonds. The Hall–Kier alpha value is -4.06. The molecular weight excluding hydrogens is 525 g/mol. The van der Waals surface area contributed by atoms with E-state index in [4.69, 9.17) is 9.47 Å². The number of ether oxygens (including phenoxy) is 2. The second kappa shape index (κ2) is 13.1. The lowest BCUT2D eigenvalue weighted by Gasteiger charge is -2.27. The number of hydrogen-bond acceptors (Lipinski definition) is 8. The topological polar surface area (TPSA) is 96.3 Å². The minimum Gasteiger partial charge on any atom is -0.494 e. The quantitative estimate of drug-likeness (QED) is 0.268. The molecule has 216 valence electrons. The van der Waals surface area contributed by atoms with Crippen LogP contribution in [0.3, 0.4) is 0 Å². The van der Waals surface area contributed by atoms with E-state index in [-0.39, 0.29) is 11.7 Å². The number of anilines is 2. The van der Waals surface area contributed by atoms with Gasteiger partial charge in [0.25, 0.3) is 5.91 Å². The molecule has 0 aliphatic carbocycles. The van der Waals surface area contributed by atoms with Crippen molar-refractivity contribution in [1.29, 1.82) is 0 Å². The number of fused-ring (bicyclic) bond motifs is 1. The summed E-state index contributed by atoms with van der Waals surface area (Å²) in [5.41, 5.74) is 4.23. The smallest absolute Gasteiger partial charge is 0.253 e. The monoisotopic (exact) mass is 561 g/mol. The first-order valence-electron chi connectivity index (χ1n) is 13.7. The molecule has 11 heteroatoms. The number of halogens is 1. The van der Waals surface area contributed by atoms with Crippen LogP contribution in [0, 0.1) is 12.7 Å². The summed E-state index contributed by atoms with van der Waals surface area (Å²) in [5, 5.41) is 6.66. The van der Waals surface area contributed by atoms with Gasteiger partial charge >= 0.3 is 0 Å². The zero-order valence-electron chi connectivity index (χ0n) is 23.7. The van der Waals surface area contributed by atoms with Gasteiger partial charge in [-0.3, -0.25) is 14.1 Å². The first kappa shape index (κ1) is 28.5. The lowest BCUT2D eigenvalue weighted by Crippen LogP contribution is -2.44. The van der Waals surface area contributed by atoms with E-state index in [2.05, 4.69) is 25.5 Å². The molecule has 1 aliphatic heterocycles. The lowest BCUT2D eigenvalue weighted by atomic mass is 10.1. The van der Waals surface area contributed by atoms with Gasteiger partial charge in [0.05, 0.1) is 32.2 Å². The van der Waals surface area contributed by atoms with Crippen LogP contribution in [-0.4, -0.2) is 96.7 Å². The summed E-state index contributed by atoms with van der Waals surface area (Å²) in [6, 6.07) is 10.4. The maximum absolute atomic E-state index is 14.3. The molecule has 2 aromatic carbocycles. The van der Waals surface area contributed by atoms with Crippen LogP contribution in [0.2, 0.25) is 0 Å². The van der Waals surface area contributed by atoms with Crippen molar-refractivity contribution in [2.75, 3.05) is 72.0 Å². The summed E-state index contributed by atoms with van der Waals surface area (Å²) in [6.45, 7) is 8.64. The van der Waals surface area contributed by atoms with Crippen LogP contribution in [0.5, 0.6) is 5.75 Å². The minimum absolute atomic E-state index is 0.0513. The van der Waals surface area contributed by atoms with Gasteiger partial charge in [0, 0.05) is 75.5 Å². The van der Waals surface area contributed by atoms with Crippen molar-refractivity contribution in [2.24, 2.45) is 0 Å². The number of nitrogens with one attached hydrogen (secondary N) is 2. The number of rotatable bonds is 11. The third-order valence-corrected chi connectivity index (χ3v) is 7.27. The van der Waals surface area contributed by atoms with E-state index in [0.717, 1.165) is 49.7 Å². The van der Waals surface area contributed by atoms with E-state index in [1.165, 1.54) is 13.2 Å². The second-order valence-corrected chi connectivity index (χ2v) is 10.0. The van der Waals surface area contributed by atoms with E-state index in [1.807, 2.05) is 29.5 Å².